The van der Waals surface area contributed by atoms with Gasteiger partial charge < -0.3 is 11.6 Å². The summed E-state index contributed by atoms with van der Waals surface area (Å²) in [6.45, 7) is 17.6. The molecule has 0 atom stereocenters. The smallest absolute Gasteiger partial charge is 1.00 e. The first-order chi connectivity index (χ1) is 38.2. The quantitative estimate of drug-likeness (QED) is 0.0653. The van der Waals surface area contributed by atoms with Gasteiger partial charge in [0.05, 0.1) is 23.3 Å². The van der Waals surface area contributed by atoms with Gasteiger partial charge in [-0.2, -0.15) is 0 Å². The third kappa shape index (κ3) is 83.2. The van der Waals surface area contributed by atoms with Crippen LogP contribution < -0.4 is 108 Å². The molecule has 0 saturated heterocycles. The van der Waals surface area contributed by atoms with Crippen molar-refractivity contribution in [3.63, 3.8) is 0 Å². The van der Waals surface area contributed by atoms with Crippen LogP contribution in [0.1, 0.15) is 56.6 Å². The average Bonchev–Trinajstić information content (AvgIpc) is 3.46. The predicted octanol–water partition coefficient (Wildman–Crippen LogP) is 5.25. The van der Waals surface area contributed by atoms with E-state index >= 15 is 0 Å². The summed E-state index contributed by atoms with van der Waals surface area (Å²) in [7, 11) is -0.439. The Hall–Kier alpha value is -2.86. The van der Waals surface area contributed by atoms with Crippen LogP contribution in [0.4, 0.5) is 17.6 Å². The monoisotopic (exact) mass is 1160 g/mol. The van der Waals surface area contributed by atoms with E-state index in [1.54, 1.807) is 6.92 Å². The second-order valence-electron chi connectivity index (χ2n) is 11.4. The summed E-state index contributed by atoms with van der Waals surface area (Å²) in [5.41, 5.74) is 5.46. The van der Waals surface area contributed by atoms with Crippen molar-refractivity contribution in [2.24, 2.45) is 0 Å². The van der Waals surface area contributed by atoms with E-state index in [2.05, 4.69) is 133 Å². The van der Waals surface area contributed by atoms with Crippen LogP contribution in [-0.2, 0) is 49.8 Å². The molecule has 0 bridgehead atoms. The van der Waals surface area contributed by atoms with Crippen LogP contribution in [-0.4, -0.2) is 22.6 Å². The standard InChI is InChI=1S/C11H13FSi.C8H5F.C6H4BrF.C6H5F.C6H2.C5H10Si.C5H4.C4H6.CH2O3.2K.S4.H/c1-13(2,3)9-8-10-4-6-11(12)7-5-10;1-2-7-3-5-8(9)6-4-7;7-5-1-3-6(8)4-2-5;7-6-4-2-1-3-5-6;1-3-5-6-4-2;1-5-6(2,3)4;1-3-5-4-2;1-3-4-2;2-1-4-3;;;1-3-4-2;/h4-7H,1-3H3;1,3-6H;1-4H;1-5H;1-2H;1H,2-4H3;1H,2H3;1-2H3;1,3H;;;;/q;;;;;;;;;2*+1;;-1/p-1/i4D,5D,6D,7D;3D,4D,5D,6D;1D,2D,3D,4D;1D,2D,3D,4D,5D;;;;;;;;;. The molecule has 16 heteroatoms. The molecule has 0 aromatic heterocycles. The van der Waals surface area contributed by atoms with E-state index in [0.29, 0.717) is 0 Å². The number of carbonyl (C=O) groups excluding carboxylic acids is 1. The zero-order valence-corrected chi connectivity index (χ0v) is 51.8. The molecule has 0 spiro atoms. The maximum Gasteiger partial charge on any atom is 1.00 e. The number of carbonyl (C=O) groups is 1. The molecule has 346 valence electrons. The third-order valence-corrected chi connectivity index (χ3v) is 8.44. The molecule has 3 nitrogen and oxygen atoms in total. The topological polar surface area (TPSA) is 49.4 Å². The molecule has 0 heterocycles. The van der Waals surface area contributed by atoms with Gasteiger partial charge >= 0.3 is 103 Å². The van der Waals surface area contributed by atoms with Gasteiger partial charge in [0, 0.05) is 55.7 Å². The van der Waals surface area contributed by atoms with Gasteiger partial charge in [-0.3, -0.25) is 4.79 Å². The molecule has 0 amide bonds. The molecule has 0 aliphatic rings. The van der Waals surface area contributed by atoms with Gasteiger partial charge in [0.25, 0.3) is 6.47 Å². The molecule has 68 heavy (non-hydrogen) atoms. The largest absolute Gasteiger partial charge is 1.00 e. The Kier molecular flexibility index (Phi) is 44.6. The van der Waals surface area contributed by atoms with E-state index in [4.69, 9.17) is 65.5 Å². The van der Waals surface area contributed by atoms with Crippen molar-refractivity contribution < 1.29 is 160 Å². The summed E-state index contributed by atoms with van der Waals surface area (Å²) >= 11 is 11.5. The second-order valence-corrected chi connectivity index (χ2v) is 25.2. The molecule has 0 saturated carbocycles. The summed E-state index contributed by atoms with van der Waals surface area (Å²) < 4.78 is 173. The Morgan fingerprint density at radius 1 is 0.618 bits per heavy atom. The molecule has 4 rings (SSSR count). The van der Waals surface area contributed by atoms with E-state index in [1.165, 1.54) is 17.8 Å². The van der Waals surface area contributed by atoms with Crippen LogP contribution in [0.15, 0.2) is 107 Å². The number of terminal acetylenes is 5. The normalized spacial score (nSPS) is 10.8. The van der Waals surface area contributed by atoms with Gasteiger partial charge in [-0.1, -0.05) is 91.1 Å². The molecular formula is C52H51BrF4K2O3S4Si2. The van der Waals surface area contributed by atoms with E-state index in [0.717, 1.165) is 0 Å². The third-order valence-electron chi connectivity index (χ3n) is 4.08. The minimum atomic E-state index is -1.68. The first-order valence-corrected chi connectivity index (χ1v) is 28.6. The minimum absolute atomic E-state index is 0. The Labute approximate surface area is 541 Å². The minimum Gasteiger partial charge on any atom is -1.00 e. The maximum absolute atomic E-state index is 13.3. The van der Waals surface area contributed by atoms with Gasteiger partial charge in [-0.25, -0.2) is 17.6 Å². The number of hydrogen-bond acceptors (Lipinski definition) is 5. The van der Waals surface area contributed by atoms with Crippen molar-refractivity contribution in [2.45, 2.75) is 60.1 Å². The molecule has 0 N–H and O–H groups in total. The second kappa shape index (κ2) is 62.2. The van der Waals surface area contributed by atoms with Crippen molar-refractivity contribution in [1.29, 1.82) is 0 Å². The van der Waals surface area contributed by atoms with Gasteiger partial charge in [0.15, 0.2) is 0 Å². The fourth-order valence-corrected chi connectivity index (χ4v) is 2.34. The number of hydrogen-bond donors (Lipinski definition) is 0. The molecule has 0 aliphatic carbocycles. The molecular weight excluding hydrogens is 1090 g/mol. The fourth-order valence-electron chi connectivity index (χ4n) is 1.64. The zero-order chi connectivity index (χ0) is 66.9. The average molecular weight is 1160 g/mol. The first kappa shape index (κ1) is 48.7. The first-order valence-electron chi connectivity index (χ1n) is 25.3. The maximum atomic E-state index is 13.3. The number of halogens is 5. The number of benzene rings is 4. The van der Waals surface area contributed by atoms with Crippen molar-refractivity contribution in [1.82, 2.24) is 0 Å². The predicted molar refractivity (Wildman–Crippen MR) is 288 cm³/mol. The van der Waals surface area contributed by atoms with Crippen molar-refractivity contribution in [3.8, 4) is 108 Å². The van der Waals surface area contributed by atoms with Crippen molar-refractivity contribution in [3.05, 3.63) is 142 Å². The Bertz CT molecular complexity index is 3120. The van der Waals surface area contributed by atoms with Crippen LogP contribution >= 0.6 is 15.9 Å². The van der Waals surface area contributed by atoms with Gasteiger partial charge in [0.2, 0.25) is 0 Å². The SMILES string of the molecule is C#CC#CC.C#CC#CC#C.C#C[Si](C)(C)C.CC#CC.O=CO[O-].S=S=S=S.[2H]c1c([2H])c(Br)c([2H])c([2H])c1F.[2H]c1c([2H])c(C#C)c([2H])c([2H])c1F.[2H]c1c([2H])c(C#C[Si](C)(C)C)c([2H])c([2H])c1F.[2H]c1c([2H])c([2H])c(F)c([2H])c1[2H].[H-].[K+].[K+]. The van der Waals surface area contributed by atoms with E-state index in [1.807, 2.05) is 39.4 Å². The zero-order valence-electron chi connectivity index (χ0n) is 56.7. The van der Waals surface area contributed by atoms with Crippen LogP contribution in [0.25, 0.3) is 0 Å². The molecule has 4 aromatic carbocycles. The summed E-state index contributed by atoms with van der Waals surface area (Å²) in [5, 5.41) is 8.43. The number of rotatable bonds is 1. The van der Waals surface area contributed by atoms with Gasteiger partial charge in [-0.15, -0.1) is 55.0 Å². The summed E-state index contributed by atoms with van der Waals surface area (Å²) in [6, 6.07) is -10.2. The van der Waals surface area contributed by atoms with E-state index in [-0.39, 0.29) is 126 Å². The van der Waals surface area contributed by atoms with Crippen LogP contribution in [0.2, 0.25) is 39.3 Å². The van der Waals surface area contributed by atoms with Crippen LogP contribution in [0, 0.1) is 132 Å². The van der Waals surface area contributed by atoms with Crippen molar-refractivity contribution in [2.75, 3.05) is 0 Å². The summed E-state index contributed by atoms with van der Waals surface area (Å²) in [5.74, 6) is 21.1. The Morgan fingerprint density at radius 2 is 0.941 bits per heavy atom. The molecule has 0 unspecified atom stereocenters. The Balaban J connectivity index is -0.000000114. The van der Waals surface area contributed by atoms with Gasteiger partial charge in [-0.05, 0) is 141 Å². The molecule has 4 aromatic rings. The molecule has 0 aliphatic heterocycles. The molecule has 0 radical (unpaired) electrons. The van der Waals surface area contributed by atoms with Crippen LogP contribution in [0.3, 0.4) is 0 Å². The van der Waals surface area contributed by atoms with Crippen molar-refractivity contribution >= 4 is 78.7 Å². The molecule has 0 fully saturated rings. The van der Waals surface area contributed by atoms with E-state index in [9.17, 15) is 17.6 Å². The van der Waals surface area contributed by atoms with E-state index < -0.39 is 142 Å². The Morgan fingerprint density at radius 3 is 1.18 bits per heavy atom. The van der Waals surface area contributed by atoms with Crippen LogP contribution in [0.5, 0.6) is 0 Å². The van der Waals surface area contributed by atoms with Gasteiger partial charge in [0.1, 0.15) is 39.4 Å². The summed E-state index contributed by atoms with van der Waals surface area (Å²) in [4.78, 5) is 11.2. The summed E-state index contributed by atoms with van der Waals surface area (Å²) in [6.07, 6.45) is 24.2. The fraction of sp³-hybridized carbons (Fsp3) is 0.173.